The van der Waals surface area contributed by atoms with Gasteiger partial charge < -0.3 is 0 Å². The van der Waals surface area contributed by atoms with Crippen LogP contribution in [0.3, 0.4) is 0 Å². The van der Waals surface area contributed by atoms with Crippen LogP contribution in [0, 0.1) is 0 Å². The van der Waals surface area contributed by atoms with Crippen molar-refractivity contribution in [2.24, 2.45) is 5.84 Å². The Labute approximate surface area is 77.1 Å². The quantitative estimate of drug-likeness (QED) is 0.462. The lowest BCUT2D eigenvalue weighted by Gasteiger charge is -2.11. The van der Waals surface area contributed by atoms with Crippen LogP contribution in [0.4, 0.5) is 0 Å². The van der Waals surface area contributed by atoms with Gasteiger partial charge in [0, 0.05) is 6.54 Å². The lowest BCUT2D eigenvalue weighted by atomic mass is 10.0. The van der Waals surface area contributed by atoms with E-state index in [0.29, 0.717) is 13.0 Å². The number of nitrogens with two attached hydrogens (primary N) is 1. The molecule has 68 valence electrons. The van der Waals surface area contributed by atoms with Gasteiger partial charge in [0.1, 0.15) is 0 Å². The zero-order chi connectivity index (χ0) is 9.26. The van der Waals surface area contributed by atoms with Crippen molar-refractivity contribution in [1.29, 1.82) is 0 Å². The number of carbonyl (C=O) groups is 1. The number of nitrogens with zero attached hydrogens (tertiary/aromatic N) is 1. The third-order valence-electron chi connectivity index (χ3n) is 2.40. The highest BCUT2D eigenvalue weighted by molar-refractivity contribution is 5.79. The summed E-state index contributed by atoms with van der Waals surface area (Å²) in [6.45, 7) is 0.621. The molecule has 2 rings (SSSR count). The van der Waals surface area contributed by atoms with E-state index in [4.69, 9.17) is 5.84 Å². The van der Waals surface area contributed by atoms with E-state index in [2.05, 4.69) is 6.07 Å². The Morgan fingerprint density at radius 2 is 1.92 bits per heavy atom. The minimum atomic E-state index is 0.00458. The molecule has 1 amide bonds. The minimum absolute atomic E-state index is 0.00458. The van der Waals surface area contributed by atoms with Gasteiger partial charge in [-0.2, -0.15) is 0 Å². The zero-order valence-electron chi connectivity index (χ0n) is 7.36. The fraction of sp³-hybridized carbons (Fsp3) is 0.300. The third-order valence-corrected chi connectivity index (χ3v) is 2.40. The second kappa shape index (κ2) is 3.18. The van der Waals surface area contributed by atoms with Crippen LogP contribution < -0.4 is 5.84 Å². The van der Waals surface area contributed by atoms with Gasteiger partial charge in [-0.05, 0) is 17.5 Å². The van der Waals surface area contributed by atoms with E-state index in [1.807, 2.05) is 18.2 Å². The number of benzene rings is 1. The van der Waals surface area contributed by atoms with Gasteiger partial charge in [-0.3, -0.25) is 9.80 Å². The monoisotopic (exact) mass is 176 g/mol. The van der Waals surface area contributed by atoms with Crippen molar-refractivity contribution in [3.63, 3.8) is 0 Å². The summed E-state index contributed by atoms with van der Waals surface area (Å²) in [4.78, 5) is 11.4. The van der Waals surface area contributed by atoms with Crippen molar-refractivity contribution in [2.45, 2.75) is 12.8 Å². The summed E-state index contributed by atoms with van der Waals surface area (Å²) in [7, 11) is 0. The van der Waals surface area contributed by atoms with Gasteiger partial charge >= 0.3 is 0 Å². The van der Waals surface area contributed by atoms with Crippen molar-refractivity contribution in [1.82, 2.24) is 5.01 Å². The number of carbonyl (C=O) groups excluding carboxylic acids is 1. The first-order valence-corrected chi connectivity index (χ1v) is 4.39. The molecule has 3 nitrogen and oxygen atoms in total. The molecule has 0 radical (unpaired) electrons. The smallest absolute Gasteiger partial charge is 0.240 e. The number of hydrazine groups is 1. The van der Waals surface area contributed by atoms with Crippen LogP contribution in [-0.2, 0) is 17.6 Å². The van der Waals surface area contributed by atoms with Crippen molar-refractivity contribution in [3.05, 3.63) is 35.4 Å². The Bertz CT molecular complexity index is 335. The average Bonchev–Trinajstić information content (AvgIpc) is 2.28. The fourth-order valence-electron chi connectivity index (χ4n) is 1.60. The molecular formula is C10H12N2O. The van der Waals surface area contributed by atoms with Gasteiger partial charge in [0.2, 0.25) is 5.91 Å². The average molecular weight is 176 g/mol. The van der Waals surface area contributed by atoms with Crippen molar-refractivity contribution < 1.29 is 4.79 Å². The number of fused-ring (bicyclic) bond motifs is 1. The maximum atomic E-state index is 11.4. The number of amides is 1. The maximum absolute atomic E-state index is 11.4. The highest BCUT2D eigenvalue weighted by atomic mass is 16.2. The molecule has 3 heteroatoms. The highest BCUT2D eigenvalue weighted by Gasteiger charge is 2.16. The van der Waals surface area contributed by atoms with E-state index in [1.165, 1.54) is 10.6 Å². The summed E-state index contributed by atoms with van der Waals surface area (Å²) >= 11 is 0. The van der Waals surface area contributed by atoms with E-state index < -0.39 is 0 Å². The Morgan fingerprint density at radius 1 is 1.23 bits per heavy atom. The van der Waals surface area contributed by atoms with Gasteiger partial charge in [-0.15, -0.1) is 0 Å². The molecule has 0 aromatic heterocycles. The lowest BCUT2D eigenvalue weighted by molar-refractivity contribution is -0.130. The number of hydrogen-bond donors (Lipinski definition) is 1. The molecular weight excluding hydrogens is 164 g/mol. The molecule has 0 bridgehead atoms. The zero-order valence-corrected chi connectivity index (χ0v) is 7.36. The molecule has 0 saturated heterocycles. The van der Waals surface area contributed by atoms with Gasteiger partial charge in [-0.25, -0.2) is 5.84 Å². The second-order valence-corrected chi connectivity index (χ2v) is 3.28. The molecule has 1 heterocycles. The molecule has 1 aromatic rings. The van der Waals surface area contributed by atoms with Crippen LogP contribution in [0.15, 0.2) is 24.3 Å². The lowest BCUT2D eigenvalue weighted by Crippen LogP contribution is -2.38. The summed E-state index contributed by atoms with van der Waals surface area (Å²) in [5, 5.41) is 1.31. The van der Waals surface area contributed by atoms with Crippen molar-refractivity contribution in [2.75, 3.05) is 6.54 Å². The molecule has 2 N–H and O–H groups in total. The third kappa shape index (κ3) is 1.55. The molecule has 0 aliphatic carbocycles. The summed E-state index contributed by atoms with van der Waals surface area (Å²) in [6, 6.07) is 8.00. The molecule has 1 aliphatic heterocycles. The first-order valence-electron chi connectivity index (χ1n) is 4.39. The maximum Gasteiger partial charge on any atom is 0.240 e. The summed E-state index contributed by atoms with van der Waals surface area (Å²) < 4.78 is 0. The molecule has 1 aliphatic rings. The Hall–Kier alpha value is -1.35. The van der Waals surface area contributed by atoms with Gasteiger partial charge in [-0.1, -0.05) is 24.3 Å². The standard InChI is InChI=1S/C10H12N2O/c11-12-6-5-8-3-1-2-4-9(8)7-10(12)13/h1-4H,5-7,11H2. The largest absolute Gasteiger partial charge is 0.280 e. The molecule has 0 atom stereocenters. The SMILES string of the molecule is NN1CCc2ccccc2CC1=O. The highest BCUT2D eigenvalue weighted by Crippen LogP contribution is 2.14. The normalized spacial score (nSPS) is 16.7. The first kappa shape index (κ1) is 8.26. The molecule has 0 unspecified atom stereocenters. The van der Waals surface area contributed by atoms with Crippen LogP contribution >= 0.6 is 0 Å². The minimum Gasteiger partial charge on any atom is -0.280 e. The molecule has 13 heavy (non-hydrogen) atoms. The van der Waals surface area contributed by atoms with Crippen molar-refractivity contribution >= 4 is 5.91 Å². The Balaban J connectivity index is 2.35. The first-order chi connectivity index (χ1) is 6.27. The molecule has 1 aromatic carbocycles. The molecule has 0 fully saturated rings. The Morgan fingerprint density at radius 3 is 2.69 bits per heavy atom. The van der Waals surface area contributed by atoms with Crippen LogP contribution in [0.25, 0.3) is 0 Å². The van der Waals surface area contributed by atoms with Crippen LogP contribution in [0.5, 0.6) is 0 Å². The van der Waals surface area contributed by atoms with Crippen molar-refractivity contribution in [3.8, 4) is 0 Å². The number of rotatable bonds is 0. The van der Waals surface area contributed by atoms with E-state index >= 15 is 0 Å². The summed E-state index contributed by atoms with van der Waals surface area (Å²) in [6.07, 6.45) is 1.30. The molecule has 0 saturated carbocycles. The van der Waals surface area contributed by atoms with Crippen LogP contribution in [0.1, 0.15) is 11.1 Å². The summed E-state index contributed by atoms with van der Waals surface area (Å²) in [5.41, 5.74) is 2.35. The predicted molar refractivity (Wildman–Crippen MR) is 49.8 cm³/mol. The van der Waals surface area contributed by atoms with Crippen LogP contribution in [-0.4, -0.2) is 17.5 Å². The van der Waals surface area contributed by atoms with E-state index in [-0.39, 0.29) is 5.91 Å². The second-order valence-electron chi connectivity index (χ2n) is 3.28. The van der Waals surface area contributed by atoms with Gasteiger partial charge in [0.15, 0.2) is 0 Å². The van der Waals surface area contributed by atoms with E-state index in [9.17, 15) is 4.79 Å². The topological polar surface area (TPSA) is 46.3 Å². The Kier molecular flexibility index (Phi) is 2.02. The van der Waals surface area contributed by atoms with E-state index in [1.54, 1.807) is 0 Å². The molecule has 0 spiro atoms. The fourth-order valence-corrected chi connectivity index (χ4v) is 1.60. The summed E-state index contributed by atoms with van der Waals surface area (Å²) in [5.74, 6) is 5.55. The van der Waals surface area contributed by atoms with Gasteiger partial charge in [0.05, 0.1) is 6.42 Å². The van der Waals surface area contributed by atoms with Gasteiger partial charge in [0.25, 0.3) is 0 Å². The predicted octanol–water partition coefficient (Wildman–Crippen LogP) is 0.487. The van der Waals surface area contributed by atoms with Crippen LogP contribution in [0.2, 0.25) is 0 Å². The van der Waals surface area contributed by atoms with E-state index in [0.717, 1.165) is 12.0 Å². The number of hydrogen-bond acceptors (Lipinski definition) is 2.